The van der Waals surface area contributed by atoms with E-state index >= 15 is 0 Å². The van der Waals surface area contributed by atoms with Crippen molar-refractivity contribution < 1.29 is 4.74 Å². The van der Waals surface area contributed by atoms with Crippen molar-refractivity contribution in [1.29, 1.82) is 0 Å². The van der Waals surface area contributed by atoms with Crippen LogP contribution in [0.25, 0.3) is 0 Å². The Morgan fingerprint density at radius 2 is 2.00 bits per heavy atom. The highest BCUT2D eigenvalue weighted by Gasteiger charge is 2.19. The molecule has 1 aliphatic rings. The maximum absolute atomic E-state index is 5.88. The predicted octanol–water partition coefficient (Wildman–Crippen LogP) is 0.820. The van der Waals surface area contributed by atoms with E-state index in [2.05, 4.69) is 9.89 Å². The average molecular weight is 199 g/mol. The zero-order valence-electron chi connectivity index (χ0n) is 9.36. The van der Waals surface area contributed by atoms with Crippen LogP contribution in [0, 0.1) is 0 Å². The van der Waals surface area contributed by atoms with Gasteiger partial charge in [0.1, 0.15) is 0 Å². The molecule has 0 aromatic heterocycles. The van der Waals surface area contributed by atoms with Crippen molar-refractivity contribution in [1.82, 2.24) is 4.90 Å². The molecule has 4 nitrogen and oxygen atoms in total. The lowest BCUT2D eigenvalue weighted by Crippen LogP contribution is -2.44. The van der Waals surface area contributed by atoms with Crippen molar-refractivity contribution in [2.75, 3.05) is 20.3 Å². The van der Waals surface area contributed by atoms with E-state index in [0.29, 0.717) is 12.0 Å². The number of aliphatic imine (C=N–C) groups is 1. The molecule has 4 heteroatoms. The van der Waals surface area contributed by atoms with Gasteiger partial charge in [-0.25, -0.2) is 0 Å². The van der Waals surface area contributed by atoms with Crippen LogP contribution in [0.4, 0.5) is 0 Å². The number of rotatable bonds is 2. The van der Waals surface area contributed by atoms with Gasteiger partial charge in [-0.15, -0.1) is 0 Å². The van der Waals surface area contributed by atoms with Gasteiger partial charge in [-0.1, -0.05) is 0 Å². The quantitative estimate of drug-likeness (QED) is 0.529. The fourth-order valence-electron chi connectivity index (χ4n) is 1.62. The molecule has 1 fully saturated rings. The second kappa shape index (κ2) is 5.20. The number of ether oxygens (including phenoxy) is 1. The molecule has 82 valence electrons. The molecule has 1 heterocycles. The van der Waals surface area contributed by atoms with Crippen LogP contribution in [0.3, 0.4) is 0 Å². The third kappa shape index (κ3) is 3.18. The molecule has 1 saturated heterocycles. The van der Waals surface area contributed by atoms with Gasteiger partial charge in [0.2, 0.25) is 0 Å². The Hall–Kier alpha value is -0.770. The molecule has 0 aliphatic carbocycles. The standard InChI is InChI=1S/C10H21N3O/c1-8(2)12-10(11)13(3)9-4-6-14-7-5-9/h8-9H,4-7H2,1-3H3,(H2,11,12). The van der Waals surface area contributed by atoms with E-state index in [1.54, 1.807) is 0 Å². The Labute approximate surface area is 86.1 Å². The third-order valence-electron chi connectivity index (χ3n) is 2.49. The van der Waals surface area contributed by atoms with Crippen LogP contribution in [0.2, 0.25) is 0 Å². The Balaban J connectivity index is 2.49. The molecular weight excluding hydrogens is 178 g/mol. The summed E-state index contributed by atoms with van der Waals surface area (Å²) in [6.07, 6.45) is 2.09. The van der Waals surface area contributed by atoms with Gasteiger partial charge in [0, 0.05) is 32.3 Å². The molecule has 2 N–H and O–H groups in total. The first kappa shape index (κ1) is 11.3. The molecule has 0 radical (unpaired) electrons. The van der Waals surface area contributed by atoms with Crippen molar-refractivity contribution in [3.8, 4) is 0 Å². The molecule has 1 aliphatic heterocycles. The van der Waals surface area contributed by atoms with Crippen LogP contribution in [0.5, 0.6) is 0 Å². The minimum Gasteiger partial charge on any atom is -0.381 e. The summed E-state index contributed by atoms with van der Waals surface area (Å²) in [5.41, 5.74) is 5.88. The van der Waals surface area contributed by atoms with E-state index in [9.17, 15) is 0 Å². The molecule has 0 unspecified atom stereocenters. The Morgan fingerprint density at radius 1 is 1.43 bits per heavy atom. The van der Waals surface area contributed by atoms with Crippen LogP contribution in [-0.2, 0) is 4.74 Å². The maximum Gasteiger partial charge on any atom is 0.191 e. The predicted molar refractivity (Wildman–Crippen MR) is 58.4 cm³/mol. The molecule has 0 atom stereocenters. The summed E-state index contributed by atoms with van der Waals surface area (Å²) in [5, 5.41) is 0. The van der Waals surface area contributed by atoms with Gasteiger partial charge >= 0.3 is 0 Å². The number of guanidine groups is 1. The normalized spacial score (nSPS) is 20.1. The zero-order valence-corrected chi connectivity index (χ0v) is 9.36. The molecule has 0 aromatic carbocycles. The molecule has 0 bridgehead atoms. The average Bonchev–Trinajstić information content (AvgIpc) is 2.17. The third-order valence-corrected chi connectivity index (χ3v) is 2.49. The number of hydrogen-bond donors (Lipinski definition) is 1. The lowest BCUT2D eigenvalue weighted by Gasteiger charge is -2.32. The SMILES string of the molecule is CC(C)N=C(N)N(C)C1CCOCC1. The first-order chi connectivity index (χ1) is 6.61. The van der Waals surface area contributed by atoms with Crippen LogP contribution in [0.1, 0.15) is 26.7 Å². The van der Waals surface area contributed by atoms with Gasteiger partial charge < -0.3 is 15.4 Å². The first-order valence-electron chi connectivity index (χ1n) is 5.25. The smallest absolute Gasteiger partial charge is 0.191 e. The summed E-state index contributed by atoms with van der Waals surface area (Å²) < 4.78 is 5.30. The fraction of sp³-hybridized carbons (Fsp3) is 0.900. The maximum atomic E-state index is 5.88. The second-order valence-electron chi connectivity index (χ2n) is 4.04. The molecule has 14 heavy (non-hydrogen) atoms. The van der Waals surface area contributed by atoms with Crippen LogP contribution < -0.4 is 5.73 Å². The summed E-state index contributed by atoms with van der Waals surface area (Å²) in [6.45, 7) is 5.74. The number of nitrogens with two attached hydrogens (primary N) is 1. The molecule has 1 rings (SSSR count). The van der Waals surface area contributed by atoms with Crippen LogP contribution in [-0.4, -0.2) is 43.2 Å². The minimum absolute atomic E-state index is 0.261. The van der Waals surface area contributed by atoms with Crippen LogP contribution in [0.15, 0.2) is 4.99 Å². The Morgan fingerprint density at radius 3 is 2.50 bits per heavy atom. The molecule has 0 aromatic rings. The summed E-state index contributed by atoms with van der Waals surface area (Å²) in [7, 11) is 2.01. The summed E-state index contributed by atoms with van der Waals surface area (Å²) in [4.78, 5) is 6.40. The van der Waals surface area contributed by atoms with Crippen molar-refractivity contribution in [3.63, 3.8) is 0 Å². The van der Waals surface area contributed by atoms with Gasteiger partial charge in [-0.05, 0) is 26.7 Å². The van der Waals surface area contributed by atoms with Crippen molar-refractivity contribution >= 4 is 5.96 Å². The van der Waals surface area contributed by atoms with E-state index in [1.807, 2.05) is 20.9 Å². The Kier molecular flexibility index (Phi) is 4.20. The van der Waals surface area contributed by atoms with Gasteiger partial charge in [0.05, 0.1) is 0 Å². The second-order valence-corrected chi connectivity index (χ2v) is 4.04. The number of nitrogens with zero attached hydrogens (tertiary/aromatic N) is 2. The van der Waals surface area contributed by atoms with Crippen molar-refractivity contribution in [3.05, 3.63) is 0 Å². The highest BCUT2D eigenvalue weighted by Crippen LogP contribution is 2.12. The summed E-state index contributed by atoms with van der Waals surface area (Å²) in [6, 6.07) is 0.753. The summed E-state index contributed by atoms with van der Waals surface area (Å²) in [5.74, 6) is 0.645. The fourth-order valence-corrected chi connectivity index (χ4v) is 1.62. The van der Waals surface area contributed by atoms with E-state index in [4.69, 9.17) is 10.5 Å². The molecular formula is C10H21N3O. The zero-order chi connectivity index (χ0) is 10.6. The van der Waals surface area contributed by atoms with Gasteiger partial charge in [-0.2, -0.15) is 0 Å². The van der Waals surface area contributed by atoms with E-state index < -0.39 is 0 Å². The molecule has 0 saturated carbocycles. The van der Waals surface area contributed by atoms with Gasteiger partial charge in [0.25, 0.3) is 0 Å². The summed E-state index contributed by atoms with van der Waals surface area (Å²) >= 11 is 0. The van der Waals surface area contributed by atoms with Gasteiger partial charge in [0.15, 0.2) is 5.96 Å². The molecule has 0 spiro atoms. The minimum atomic E-state index is 0.261. The van der Waals surface area contributed by atoms with Crippen LogP contribution >= 0.6 is 0 Å². The van der Waals surface area contributed by atoms with Crippen molar-refractivity contribution in [2.24, 2.45) is 10.7 Å². The lowest BCUT2D eigenvalue weighted by atomic mass is 10.1. The van der Waals surface area contributed by atoms with Gasteiger partial charge in [-0.3, -0.25) is 4.99 Å². The highest BCUT2D eigenvalue weighted by molar-refractivity contribution is 5.78. The van der Waals surface area contributed by atoms with E-state index in [0.717, 1.165) is 26.1 Å². The number of hydrogen-bond acceptors (Lipinski definition) is 2. The van der Waals surface area contributed by atoms with E-state index in [-0.39, 0.29) is 6.04 Å². The Bertz CT molecular complexity index is 198. The van der Waals surface area contributed by atoms with Crippen molar-refractivity contribution in [2.45, 2.75) is 38.8 Å². The topological polar surface area (TPSA) is 50.8 Å². The monoisotopic (exact) mass is 199 g/mol. The lowest BCUT2D eigenvalue weighted by molar-refractivity contribution is 0.0602. The van der Waals surface area contributed by atoms with E-state index in [1.165, 1.54) is 0 Å². The largest absolute Gasteiger partial charge is 0.381 e. The highest BCUT2D eigenvalue weighted by atomic mass is 16.5. The molecule has 0 amide bonds. The first-order valence-corrected chi connectivity index (χ1v) is 5.25.